The maximum absolute atomic E-state index is 12.1. The molecule has 0 spiro atoms. The van der Waals surface area contributed by atoms with E-state index in [0.717, 1.165) is 5.56 Å². The van der Waals surface area contributed by atoms with Gasteiger partial charge in [-0.2, -0.15) is 0 Å². The molecule has 1 aromatic carbocycles. The second kappa shape index (κ2) is 9.81. The molecule has 1 atom stereocenters. The third-order valence-corrected chi connectivity index (χ3v) is 3.17. The number of Topliss-reactive ketones (excluding diaryl/α,β-unsaturated/α-hetero) is 1. The number of nitrogens with one attached hydrogen (secondary N) is 1. The molecular formula is C19H27NO5. The Morgan fingerprint density at radius 1 is 1.12 bits per heavy atom. The van der Waals surface area contributed by atoms with E-state index in [1.165, 1.54) is 0 Å². The van der Waals surface area contributed by atoms with Crippen LogP contribution in [0.2, 0.25) is 0 Å². The predicted octanol–water partition coefficient (Wildman–Crippen LogP) is 3.03. The third kappa shape index (κ3) is 9.49. The van der Waals surface area contributed by atoms with Crippen molar-refractivity contribution in [1.82, 2.24) is 5.32 Å². The van der Waals surface area contributed by atoms with Crippen LogP contribution < -0.4 is 5.32 Å². The molecule has 0 saturated carbocycles. The Bertz CT molecular complexity index is 577. The molecule has 6 nitrogen and oxygen atoms in total. The molecule has 1 rings (SSSR count). The maximum Gasteiger partial charge on any atom is 0.407 e. The van der Waals surface area contributed by atoms with Gasteiger partial charge in [0.15, 0.2) is 0 Å². The van der Waals surface area contributed by atoms with Crippen LogP contribution in [0, 0.1) is 0 Å². The standard InChI is InChI=1S/C19H27NO5/c1-5-24-17(22)13-16(21)12-15(11-14-9-7-6-8-10-14)20-18(23)25-19(2,3)4/h6-10,15H,5,11-13H2,1-4H3,(H,20,23). The Kier molecular flexibility index (Phi) is 8.11. The van der Waals surface area contributed by atoms with Gasteiger partial charge >= 0.3 is 12.1 Å². The zero-order valence-electron chi connectivity index (χ0n) is 15.3. The number of benzene rings is 1. The van der Waals surface area contributed by atoms with Crippen molar-refractivity contribution in [1.29, 1.82) is 0 Å². The minimum absolute atomic E-state index is 0.0347. The number of hydrogen-bond acceptors (Lipinski definition) is 5. The number of carbonyl (C=O) groups excluding carboxylic acids is 3. The lowest BCUT2D eigenvalue weighted by atomic mass is 10.0. The van der Waals surface area contributed by atoms with Gasteiger partial charge in [-0.25, -0.2) is 4.79 Å². The number of alkyl carbamates (subject to hydrolysis) is 1. The lowest BCUT2D eigenvalue weighted by Gasteiger charge is -2.23. The van der Waals surface area contributed by atoms with Crippen molar-refractivity contribution in [2.24, 2.45) is 0 Å². The first-order chi connectivity index (χ1) is 11.7. The van der Waals surface area contributed by atoms with Crippen molar-refractivity contribution < 1.29 is 23.9 Å². The highest BCUT2D eigenvalue weighted by atomic mass is 16.6. The van der Waals surface area contributed by atoms with Crippen molar-refractivity contribution in [3.05, 3.63) is 35.9 Å². The largest absolute Gasteiger partial charge is 0.466 e. The minimum atomic E-state index is -0.629. The number of hydrogen-bond donors (Lipinski definition) is 1. The highest BCUT2D eigenvalue weighted by Crippen LogP contribution is 2.11. The van der Waals surface area contributed by atoms with Crippen LogP contribution in [-0.2, 0) is 25.5 Å². The van der Waals surface area contributed by atoms with E-state index in [4.69, 9.17) is 9.47 Å². The first-order valence-electron chi connectivity index (χ1n) is 8.40. The summed E-state index contributed by atoms with van der Waals surface area (Å²) in [6.45, 7) is 7.22. The van der Waals surface area contributed by atoms with Gasteiger partial charge in [-0.3, -0.25) is 9.59 Å². The molecule has 1 N–H and O–H groups in total. The Hall–Kier alpha value is -2.37. The number of ketones is 1. The summed E-state index contributed by atoms with van der Waals surface area (Å²) < 4.78 is 10.0. The van der Waals surface area contributed by atoms with Gasteiger partial charge in [0.2, 0.25) is 0 Å². The molecule has 0 bridgehead atoms. The zero-order valence-corrected chi connectivity index (χ0v) is 15.3. The Labute approximate surface area is 148 Å². The molecular weight excluding hydrogens is 322 g/mol. The number of esters is 1. The van der Waals surface area contributed by atoms with Gasteiger partial charge < -0.3 is 14.8 Å². The number of rotatable bonds is 8. The van der Waals surface area contributed by atoms with Crippen LogP contribution in [0.5, 0.6) is 0 Å². The van der Waals surface area contributed by atoms with Crippen LogP contribution in [0.25, 0.3) is 0 Å². The normalized spacial score (nSPS) is 12.2. The van der Waals surface area contributed by atoms with Crippen LogP contribution in [-0.4, -0.2) is 36.1 Å². The van der Waals surface area contributed by atoms with Gasteiger partial charge in [-0.15, -0.1) is 0 Å². The number of carbonyl (C=O) groups is 3. The summed E-state index contributed by atoms with van der Waals surface area (Å²) in [5, 5.41) is 2.72. The van der Waals surface area contributed by atoms with Crippen molar-refractivity contribution in [2.45, 2.75) is 58.6 Å². The Balaban J connectivity index is 2.71. The van der Waals surface area contributed by atoms with Gasteiger partial charge in [-0.1, -0.05) is 30.3 Å². The molecule has 0 radical (unpaired) electrons. The summed E-state index contributed by atoms with van der Waals surface area (Å²) in [6.07, 6.45) is -0.381. The van der Waals surface area contributed by atoms with E-state index in [-0.39, 0.29) is 25.2 Å². The maximum atomic E-state index is 12.1. The van der Waals surface area contributed by atoms with Gasteiger partial charge in [-0.05, 0) is 39.7 Å². The summed E-state index contributed by atoms with van der Waals surface area (Å²) >= 11 is 0. The van der Waals surface area contributed by atoms with E-state index in [1.807, 2.05) is 30.3 Å². The summed E-state index contributed by atoms with van der Waals surface area (Å²) in [5.41, 5.74) is 0.351. The quantitative estimate of drug-likeness (QED) is 0.576. The molecule has 1 aromatic rings. The number of ether oxygens (including phenoxy) is 2. The van der Waals surface area contributed by atoms with Crippen molar-refractivity contribution in [3.8, 4) is 0 Å². The number of amides is 1. The van der Waals surface area contributed by atoms with Crippen LogP contribution in [0.15, 0.2) is 30.3 Å². The SMILES string of the molecule is CCOC(=O)CC(=O)CC(Cc1ccccc1)NC(=O)OC(C)(C)C. The predicted molar refractivity (Wildman–Crippen MR) is 94.2 cm³/mol. The lowest BCUT2D eigenvalue weighted by molar-refractivity contribution is -0.145. The van der Waals surface area contributed by atoms with E-state index < -0.39 is 23.7 Å². The average Bonchev–Trinajstić information content (AvgIpc) is 2.45. The minimum Gasteiger partial charge on any atom is -0.466 e. The first-order valence-corrected chi connectivity index (χ1v) is 8.40. The highest BCUT2D eigenvalue weighted by molar-refractivity contribution is 5.95. The zero-order chi connectivity index (χ0) is 18.9. The molecule has 0 aliphatic carbocycles. The molecule has 0 fully saturated rings. The van der Waals surface area contributed by atoms with Crippen LogP contribution in [0.4, 0.5) is 4.79 Å². The Morgan fingerprint density at radius 3 is 2.32 bits per heavy atom. The molecule has 6 heteroatoms. The topological polar surface area (TPSA) is 81.7 Å². The van der Waals surface area contributed by atoms with Gasteiger partial charge in [0.05, 0.1) is 6.61 Å². The van der Waals surface area contributed by atoms with E-state index in [1.54, 1.807) is 27.7 Å². The van der Waals surface area contributed by atoms with Gasteiger partial charge in [0.1, 0.15) is 17.8 Å². The molecule has 0 aliphatic heterocycles. The van der Waals surface area contributed by atoms with Crippen molar-refractivity contribution in [3.63, 3.8) is 0 Å². The monoisotopic (exact) mass is 349 g/mol. The second-order valence-corrected chi connectivity index (χ2v) is 6.76. The average molecular weight is 349 g/mol. The highest BCUT2D eigenvalue weighted by Gasteiger charge is 2.22. The molecule has 0 aromatic heterocycles. The molecule has 1 unspecified atom stereocenters. The fourth-order valence-corrected chi connectivity index (χ4v) is 2.27. The molecule has 25 heavy (non-hydrogen) atoms. The summed E-state index contributed by atoms with van der Waals surface area (Å²) in [7, 11) is 0. The molecule has 138 valence electrons. The molecule has 0 aliphatic rings. The second-order valence-electron chi connectivity index (χ2n) is 6.76. The van der Waals surface area contributed by atoms with E-state index in [2.05, 4.69) is 5.32 Å². The van der Waals surface area contributed by atoms with Crippen molar-refractivity contribution >= 4 is 17.8 Å². The fourth-order valence-electron chi connectivity index (χ4n) is 2.27. The summed E-state index contributed by atoms with van der Waals surface area (Å²) in [4.78, 5) is 35.6. The third-order valence-electron chi connectivity index (χ3n) is 3.17. The van der Waals surface area contributed by atoms with Crippen LogP contribution in [0.1, 0.15) is 46.1 Å². The molecule has 0 heterocycles. The van der Waals surface area contributed by atoms with Crippen LogP contribution >= 0.6 is 0 Å². The van der Waals surface area contributed by atoms with E-state index in [9.17, 15) is 14.4 Å². The smallest absolute Gasteiger partial charge is 0.407 e. The van der Waals surface area contributed by atoms with Crippen LogP contribution in [0.3, 0.4) is 0 Å². The van der Waals surface area contributed by atoms with Gasteiger partial charge in [0.25, 0.3) is 0 Å². The summed E-state index contributed by atoms with van der Waals surface area (Å²) in [5.74, 6) is -0.835. The summed E-state index contributed by atoms with van der Waals surface area (Å²) in [6, 6.07) is 9.05. The fraction of sp³-hybridized carbons (Fsp3) is 0.526. The van der Waals surface area contributed by atoms with Gasteiger partial charge in [0, 0.05) is 12.5 Å². The first kappa shape index (κ1) is 20.7. The van der Waals surface area contributed by atoms with E-state index in [0.29, 0.717) is 6.42 Å². The molecule has 1 amide bonds. The molecule has 0 saturated heterocycles. The Morgan fingerprint density at radius 2 is 1.76 bits per heavy atom. The lowest BCUT2D eigenvalue weighted by Crippen LogP contribution is -2.41. The van der Waals surface area contributed by atoms with Crippen molar-refractivity contribution in [2.75, 3.05) is 6.61 Å². The van der Waals surface area contributed by atoms with E-state index >= 15 is 0 Å².